The van der Waals surface area contributed by atoms with Crippen molar-refractivity contribution in [3.05, 3.63) is 77.5 Å². The summed E-state index contributed by atoms with van der Waals surface area (Å²) in [4.78, 5) is 18.2. The summed E-state index contributed by atoms with van der Waals surface area (Å²) in [5, 5.41) is 9.78. The van der Waals surface area contributed by atoms with Crippen LogP contribution in [-0.2, 0) is 17.8 Å². The van der Waals surface area contributed by atoms with E-state index in [4.69, 9.17) is 5.73 Å². The Morgan fingerprint density at radius 2 is 1.85 bits per heavy atom. The number of benzene rings is 2. The van der Waals surface area contributed by atoms with E-state index in [0.29, 0.717) is 22.6 Å². The molecule has 0 spiro atoms. The van der Waals surface area contributed by atoms with Crippen LogP contribution < -0.4 is 26.6 Å². The molecule has 1 aliphatic rings. The molecule has 2 aromatic carbocycles. The van der Waals surface area contributed by atoms with Crippen molar-refractivity contribution in [2.75, 3.05) is 41.7 Å². The Morgan fingerprint density at radius 3 is 2.58 bits per heavy atom. The minimum atomic E-state index is -0.648. The van der Waals surface area contributed by atoms with Crippen LogP contribution in [0.2, 0.25) is 0 Å². The molecule has 1 amide bonds. The molecule has 0 atom stereocenters. The van der Waals surface area contributed by atoms with E-state index in [2.05, 4.69) is 38.0 Å². The second kappa shape index (κ2) is 10.3. The summed E-state index contributed by atoms with van der Waals surface area (Å²) in [6.07, 6.45) is 1.56. The van der Waals surface area contributed by atoms with Crippen LogP contribution in [0, 0.1) is 11.6 Å². The number of hydrogen-bond donors (Lipinski definition) is 4. The zero-order chi connectivity index (χ0) is 23.2. The van der Waals surface area contributed by atoms with Gasteiger partial charge >= 0.3 is 0 Å². The lowest BCUT2D eigenvalue weighted by molar-refractivity contribution is -0.117. The zero-order valence-corrected chi connectivity index (χ0v) is 18.1. The van der Waals surface area contributed by atoms with Gasteiger partial charge in [-0.05, 0) is 35.9 Å². The first-order valence-electron chi connectivity index (χ1n) is 10.7. The quantitative estimate of drug-likeness (QED) is 0.420. The molecule has 1 aromatic heterocycles. The molecule has 1 saturated heterocycles. The predicted molar refractivity (Wildman–Crippen MR) is 126 cm³/mol. The van der Waals surface area contributed by atoms with Crippen molar-refractivity contribution < 1.29 is 13.6 Å². The van der Waals surface area contributed by atoms with Crippen molar-refractivity contribution in [3.8, 4) is 0 Å². The average Bonchev–Trinajstić information content (AvgIpc) is 2.79. The van der Waals surface area contributed by atoms with E-state index < -0.39 is 17.5 Å². The highest BCUT2D eigenvalue weighted by Gasteiger charge is 2.12. The van der Waals surface area contributed by atoms with Crippen LogP contribution in [-0.4, -0.2) is 37.1 Å². The molecule has 1 fully saturated rings. The fourth-order valence-corrected chi connectivity index (χ4v) is 3.81. The summed E-state index contributed by atoms with van der Waals surface area (Å²) in [7, 11) is 0. The van der Waals surface area contributed by atoms with Crippen molar-refractivity contribution in [1.82, 2.24) is 10.3 Å². The molecular weight excluding hydrogens is 426 g/mol. The molecule has 5 N–H and O–H groups in total. The minimum Gasteiger partial charge on any atom is -0.381 e. The van der Waals surface area contributed by atoms with E-state index in [-0.39, 0.29) is 13.0 Å². The van der Waals surface area contributed by atoms with Crippen molar-refractivity contribution in [2.24, 2.45) is 5.73 Å². The third-order valence-corrected chi connectivity index (χ3v) is 5.36. The highest BCUT2D eigenvalue weighted by atomic mass is 19.1. The van der Waals surface area contributed by atoms with E-state index in [1.54, 1.807) is 12.3 Å². The molecule has 0 radical (unpaired) electrons. The number of amides is 1. The molecule has 4 rings (SSSR count). The molecule has 172 valence electrons. The number of carbonyl (C=O) groups excluding carboxylic acids is 1. The first-order chi connectivity index (χ1) is 16.0. The Morgan fingerprint density at radius 1 is 1.09 bits per heavy atom. The minimum absolute atomic E-state index is 0.00833. The summed E-state index contributed by atoms with van der Waals surface area (Å²) in [6, 6.07) is 13.2. The van der Waals surface area contributed by atoms with Gasteiger partial charge in [0.05, 0.1) is 6.42 Å². The van der Waals surface area contributed by atoms with Gasteiger partial charge in [-0.15, -0.1) is 0 Å². The maximum absolute atomic E-state index is 13.5. The molecule has 0 saturated carbocycles. The van der Waals surface area contributed by atoms with Gasteiger partial charge in [0.1, 0.15) is 17.5 Å². The van der Waals surface area contributed by atoms with E-state index in [0.717, 1.165) is 43.6 Å². The van der Waals surface area contributed by atoms with Crippen LogP contribution in [0.1, 0.15) is 11.1 Å². The second-order valence-corrected chi connectivity index (χ2v) is 7.91. The third kappa shape index (κ3) is 6.17. The molecule has 33 heavy (non-hydrogen) atoms. The molecule has 1 aliphatic heterocycles. The van der Waals surface area contributed by atoms with Crippen LogP contribution >= 0.6 is 0 Å². The van der Waals surface area contributed by atoms with Gasteiger partial charge in [0, 0.05) is 73.7 Å². The lowest BCUT2D eigenvalue weighted by atomic mass is 10.1. The Balaban J connectivity index is 1.53. The van der Waals surface area contributed by atoms with Gasteiger partial charge in [0.15, 0.2) is 0 Å². The van der Waals surface area contributed by atoms with Gasteiger partial charge in [-0.2, -0.15) is 0 Å². The van der Waals surface area contributed by atoms with Crippen LogP contribution in [0.3, 0.4) is 0 Å². The molecule has 0 aliphatic carbocycles. The predicted octanol–water partition coefficient (Wildman–Crippen LogP) is 3.15. The highest BCUT2D eigenvalue weighted by Crippen LogP contribution is 2.26. The van der Waals surface area contributed by atoms with Crippen LogP contribution in [0.4, 0.5) is 31.7 Å². The molecule has 7 nitrogen and oxygen atoms in total. The summed E-state index contributed by atoms with van der Waals surface area (Å²) in [5.41, 5.74) is 9.01. The number of primary amides is 1. The SMILES string of the molecule is NC(=O)Cc1cnc(Nc2cccc(N3CCNCC3)c2)cc1NCc1cc(F)cc(F)c1. The number of nitrogens with zero attached hydrogens (tertiary/aromatic N) is 2. The Labute approximate surface area is 191 Å². The number of carbonyl (C=O) groups is 1. The number of pyridine rings is 1. The fourth-order valence-electron chi connectivity index (χ4n) is 3.81. The maximum atomic E-state index is 13.5. The Hall–Kier alpha value is -3.72. The number of nitrogens with two attached hydrogens (primary N) is 1. The molecule has 3 aromatic rings. The first-order valence-corrected chi connectivity index (χ1v) is 10.7. The first kappa shape index (κ1) is 22.5. The third-order valence-electron chi connectivity index (χ3n) is 5.36. The topological polar surface area (TPSA) is 95.3 Å². The monoisotopic (exact) mass is 452 g/mol. The Kier molecular flexibility index (Phi) is 6.99. The van der Waals surface area contributed by atoms with Crippen LogP contribution in [0.15, 0.2) is 54.7 Å². The second-order valence-electron chi connectivity index (χ2n) is 7.91. The molecular formula is C24H26F2N6O. The molecule has 0 unspecified atom stereocenters. The van der Waals surface area contributed by atoms with Crippen molar-refractivity contribution in [1.29, 1.82) is 0 Å². The fraction of sp³-hybridized carbons (Fsp3) is 0.250. The lowest BCUT2D eigenvalue weighted by Crippen LogP contribution is -2.43. The molecule has 9 heteroatoms. The smallest absolute Gasteiger partial charge is 0.221 e. The van der Waals surface area contributed by atoms with Crippen LogP contribution in [0.25, 0.3) is 0 Å². The van der Waals surface area contributed by atoms with E-state index >= 15 is 0 Å². The molecule has 2 heterocycles. The molecule has 0 bridgehead atoms. The van der Waals surface area contributed by atoms with Crippen LogP contribution in [0.5, 0.6) is 0 Å². The van der Waals surface area contributed by atoms with Crippen molar-refractivity contribution >= 4 is 28.8 Å². The van der Waals surface area contributed by atoms with Gasteiger partial charge in [-0.3, -0.25) is 4.79 Å². The number of piperazine rings is 1. The Bertz CT molecular complexity index is 1110. The number of aromatic nitrogens is 1. The van der Waals surface area contributed by atoms with Gasteiger partial charge in [0.25, 0.3) is 0 Å². The number of rotatable bonds is 8. The maximum Gasteiger partial charge on any atom is 0.221 e. The van der Waals surface area contributed by atoms with E-state index in [1.807, 2.05) is 12.1 Å². The lowest BCUT2D eigenvalue weighted by Gasteiger charge is -2.29. The largest absolute Gasteiger partial charge is 0.381 e. The van der Waals surface area contributed by atoms with Crippen molar-refractivity contribution in [2.45, 2.75) is 13.0 Å². The summed E-state index contributed by atoms with van der Waals surface area (Å²) in [6.45, 7) is 3.95. The normalized spacial score (nSPS) is 13.6. The van der Waals surface area contributed by atoms with Gasteiger partial charge in [0.2, 0.25) is 5.91 Å². The van der Waals surface area contributed by atoms with Gasteiger partial charge in [-0.1, -0.05) is 6.07 Å². The zero-order valence-electron chi connectivity index (χ0n) is 18.1. The average molecular weight is 453 g/mol. The van der Waals surface area contributed by atoms with Gasteiger partial charge < -0.3 is 26.6 Å². The number of halogens is 2. The number of anilines is 4. The summed E-state index contributed by atoms with van der Waals surface area (Å²) < 4.78 is 27.0. The van der Waals surface area contributed by atoms with Crippen molar-refractivity contribution in [3.63, 3.8) is 0 Å². The highest BCUT2D eigenvalue weighted by molar-refractivity contribution is 5.79. The standard InChI is InChI=1S/C24H26F2N6O/c25-18-8-16(9-19(26)11-18)14-29-22-13-24(30-15-17(22)10-23(27)33)31-20-2-1-3-21(12-20)32-6-4-28-5-7-32/h1-3,8-9,11-13,15,28H,4-7,10,14H2,(H2,27,33)(H2,29,30,31). The van der Waals surface area contributed by atoms with Gasteiger partial charge in [-0.25, -0.2) is 13.8 Å². The number of hydrogen-bond acceptors (Lipinski definition) is 6. The number of nitrogens with one attached hydrogen (secondary N) is 3. The summed E-state index contributed by atoms with van der Waals surface area (Å²) in [5.74, 6) is -1.23. The van der Waals surface area contributed by atoms with E-state index in [9.17, 15) is 13.6 Å². The van der Waals surface area contributed by atoms with E-state index in [1.165, 1.54) is 12.1 Å². The summed E-state index contributed by atoms with van der Waals surface area (Å²) >= 11 is 0.